The third kappa shape index (κ3) is 3.34. The summed E-state index contributed by atoms with van der Waals surface area (Å²) in [5.41, 5.74) is -0.586. The molecule has 1 aromatic rings. The molecule has 1 spiro atoms. The molecule has 162 valence electrons. The average molecular weight is 435 g/mol. The van der Waals surface area contributed by atoms with Gasteiger partial charge in [-0.05, 0) is 52.4 Å². The van der Waals surface area contributed by atoms with Gasteiger partial charge in [0.2, 0.25) is 10.8 Å². The van der Waals surface area contributed by atoms with Crippen LogP contribution in [0.1, 0.15) is 46.6 Å². The van der Waals surface area contributed by atoms with E-state index >= 15 is 0 Å². The number of carbonyl (C=O) groups excluding carboxylic acids is 3. The SMILES string of the molecule is CCCN1C(=O)C2(NC(=S)N(C(=O)OC(C)C)N2C(=O)OC(C)C)c2ccccc21. The van der Waals surface area contributed by atoms with Crippen LogP contribution in [0, 0.1) is 0 Å². The smallest absolute Gasteiger partial charge is 0.436 e. The van der Waals surface area contributed by atoms with Gasteiger partial charge in [-0.25, -0.2) is 9.59 Å². The molecule has 0 saturated carbocycles. The highest BCUT2D eigenvalue weighted by Gasteiger charge is 2.65. The molecule has 1 unspecified atom stereocenters. The number of hydrazine groups is 1. The van der Waals surface area contributed by atoms with Gasteiger partial charge in [0, 0.05) is 12.1 Å². The van der Waals surface area contributed by atoms with E-state index in [1.807, 2.05) is 13.0 Å². The van der Waals surface area contributed by atoms with Crippen LogP contribution >= 0.6 is 12.2 Å². The van der Waals surface area contributed by atoms with E-state index in [1.165, 1.54) is 0 Å². The molecular weight excluding hydrogens is 408 g/mol. The van der Waals surface area contributed by atoms with Crippen molar-refractivity contribution >= 4 is 41.1 Å². The predicted molar refractivity (Wildman–Crippen MR) is 113 cm³/mol. The summed E-state index contributed by atoms with van der Waals surface area (Å²) in [6, 6.07) is 7.09. The zero-order chi connectivity index (χ0) is 22.2. The second-order valence-electron chi connectivity index (χ2n) is 7.60. The Morgan fingerprint density at radius 2 is 1.70 bits per heavy atom. The van der Waals surface area contributed by atoms with Crippen molar-refractivity contribution in [3.05, 3.63) is 29.8 Å². The first kappa shape index (κ1) is 21.8. The number of carbonyl (C=O) groups is 3. The van der Waals surface area contributed by atoms with Crippen LogP contribution < -0.4 is 10.2 Å². The molecule has 2 aliphatic heterocycles. The van der Waals surface area contributed by atoms with Crippen molar-refractivity contribution in [2.75, 3.05) is 11.4 Å². The van der Waals surface area contributed by atoms with Gasteiger partial charge in [0.1, 0.15) is 0 Å². The normalized spacial score (nSPS) is 20.3. The maximum absolute atomic E-state index is 13.7. The van der Waals surface area contributed by atoms with Crippen molar-refractivity contribution in [1.29, 1.82) is 0 Å². The minimum absolute atomic E-state index is 0.122. The standard InChI is InChI=1S/C20H26N4O5S/c1-6-11-22-15-10-8-7-9-14(15)20(16(22)25)21-17(30)23(18(26)28-12(2)3)24(20)19(27)29-13(4)5/h7-10,12-13H,6,11H2,1-5H3,(H,21,30). The molecule has 0 aliphatic carbocycles. The van der Waals surface area contributed by atoms with Gasteiger partial charge in [-0.3, -0.25) is 4.79 Å². The third-order valence-corrected chi connectivity index (χ3v) is 4.88. The van der Waals surface area contributed by atoms with Gasteiger partial charge in [0.05, 0.1) is 17.9 Å². The number of hydrogen-bond acceptors (Lipinski definition) is 6. The molecule has 30 heavy (non-hydrogen) atoms. The molecule has 0 aromatic heterocycles. The van der Waals surface area contributed by atoms with Crippen molar-refractivity contribution in [2.24, 2.45) is 0 Å². The number of thiocarbonyl (C=S) groups is 1. The minimum atomic E-state index is -1.73. The molecule has 1 N–H and O–H groups in total. The number of hydrogen-bond donors (Lipinski definition) is 1. The summed E-state index contributed by atoms with van der Waals surface area (Å²) >= 11 is 5.37. The Labute approximate surface area is 180 Å². The van der Waals surface area contributed by atoms with Gasteiger partial charge < -0.3 is 19.7 Å². The quantitative estimate of drug-likeness (QED) is 0.728. The summed E-state index contributed by atoms with van der Waals surface area (Å²) < 4.78 is 10.7. The van der Waals surface area contributed by atoms with Crippen LogP contribution in [0.2, 0.25) is 0 Å². The molecule has 2 aliphatic rings. The maximum atomic E-state index is 13.7. The van der Waals surface area contributed by atoms with Gasteiger partial charge in [-0.15, -0.1) is 0 Å². The summed E-state index contributed by atoms with van der Waals surface area (Å²) in [5.74, 6) is -0.423. The minimum Gasteiger partial charge on any atom is -0.445 e. The van der Waals surface area contributed by atoms with E-state index in [1.54, 1.807) is 50.8 Å². The Morgan fingerprint density at radius 3 is 2.30 bits per heavy atom. The molecule has 1 atom stereocenters. The number of para-hydroxylation sites is 1. The number of nitrogens with zero attached hydrogens (tertiary/aromatic N) is 3. The second kappa shape index (κ2) is 8.10. The van der Waals surface area contributed by atoms with Crippen LogP contribution in [-0.4, -0.2) is 52.0 Å². The molecule has 1 fully saturated rings. The number of fused-ring (bicyclic) bond motifs is 2. The van der Waals surface area contributed by atoms with E-state index in [4.69, 9.17) is 21.7 Å². The highest BCUT2D eigenvalue weighted by atomic mass is 32.1. The van der Waals surface area contributed by atoms with Crippen LogP contribution in [0.4, 0.5) is 15.3 Å². The van der Waals surface area contributed by atoms with Gasteiger partial charge in [0.25, 0.3) is 5.91 Å². The van der Waals surface area contributed by atoms with Crippen molar-refractivity contribution in [1.82, 2.24) is 15.3 Å². The largest absolute Gasteiger partial charge is 0.445 e. The van der Waals surface area contributed by atoms with Crippen molar-refractivity contribution in [3.63, 3.8) is 0 Å². The Balaban J connectivity index is 2.18. The molecule has 10 heteroatoms. The summed E-state index contributed by atoms with van der Waals surface area (Å²) in [6.07, 6.45) is -2.00. The first-order valence-corrected chi connectivity index (χ1v) is 10.3. The number of rotatable bonds is 4. The van der Waals surface area contributed by atoms with Crippen molar-refractivity contribution < 1.29 is 23.9 Å². The van der Waals surface area contributed by atoms with E-state index in [9.17, 15) is 14.4 Å². The molecule has 0 bridgehead atoms. The monoisotopic (exact) mass is 434 g/mol. The molecule has 1 saturated heterocycles. The number of amides is 3. The van der Waals surface area contributed by atoms with E-state index in [2.05, 4.69) is 5.32 Å². The Kier molecular flexibility index (Phi) is 5.89. The number of nitrogens with one attached hydrogen (secondary N) is 1. The third-order valence-electron chi connectivity index (χ3n) is 4.60. The number of ether oxygens (including phenoxy) is 2. The number of benzene rings is 1. The van der Waals surface area contributed by atoms with Gasteiger partial charge in [-0.2, -0.15) is 10.0 Å². The molecular formula is C20H26N4O5S. The van der Waals surface area contributed by atoms with E-state index in [-0.39, 0.29) is 5.11 Å². The maximum Gasteiger partial charge on any atom is 0.436 e. The average Bonchev–Trinajstić information content (AvgIpc) is 3.09. The fourth-order valence-corrected chi connectivity index (χ4v) is 3.90. The number of anilines is 1. The fraction of sp³-hybridized carbons (Fsp3) is 0.500. The summed E-state index contributed by atoms with van der Waals surface area (Å²) in [7, 11) is 0. The first-order valence-electron chi connectivity index (χ1n) is 9.90. The molecule has 3 amide bonds. The topological polar surface area (TPSA) is 91.4 Å². The molecule has 9 nitrogen and oxygen atoms in total. The van der Waals surface area contributed by atoms with E-state index in [0.29, 0.717) is 24.2 Å². The zero-order valence-electron chi connectivity index (χ0n) is 17.7. The van der Waals surface area contributed by atoms with Crippen LogP contribution in [0.3, 0.4) is 0 Å². The first-order chi connectivity index (χ1) is 14.1. The molecule has 1 aromatic carbocycles. The van der Waals surface area contributed by atoms with Crippen LogP contribution in [0.25, 0.3) is 0 Å². The van der Waals surface area contributed by atoms with E-state index in [0.717, 1.165) is 10.0 Å². The lowest BCUT2D eigenvalue weighted by atomic mass is 10.0. The highest BCUT2D eigenvalue weighted by molar-refractivity contribution is 7.80. The Hall–Kier alpha value is -2.88. The van der Waals surface area contributed by atoms with Crippen LogP contribution in [0.5, 0.6) is 0 Å². The van der Waals surface area contributed by atoms with Crippen molar-refractivity contribution in [2.45, 2.75) is 58.9 Å². The van der Waals surface area contributed by atoms with Crippen molar-refractivity contribution in [3.8, 4) is 0 Å². The summed E-state index contributed by atoms with van der Waals surface area (Å²) in [4.78, 5) is 41.3. The lowest BCUT2D eigenvalue weighted by molar-refractivity contribution is -0.134. The van der Waals surface area contributed by atoms with Gasteiger partial charge in [-0.1, -0.05) is 25.1 Å². The van der Waals surface area contributed by atoms with Crippen LogP contribution in [-0.2, 0) is 19.9 Å². The summed E-state index contributed by atoms with van der Waals surface area (Å²) in [5, 5.41) is 4.61. The molecule has 2 heterocycles. The Bertz CT molecular complexity index is 890. The summed E-state index contributed by atoms with van der Waals surface area (Å²) in [6.45, 7) is 9.10. The lowest BCUT2D eigenvalue weighted by Crippen LogP contribution is -2.61. The van der Waals surface area contributed by atoms with Crippen LogP contribution in [0.15, 0.2) is 24.3 Å². The molecule has 3 rings (SSSR count). The fourth-order valence-electron chi connectivity index (χ4n) is 3.59. The lowest BCUT2D eigenvalue weighted by Gasteiger charge is -2.34. The highest BCUT2D eigenvalue weighted by Crippen LogP contribution is 2.46. The van der Waals surface area contributed by atoms with E-state index < -0.39 is 36.0 Å². The van der Waals surface area contributed by atoms with Gasteiger partial charge >= 0.3 is 12.2 Å². The Morgan fingerprint density at radius 1 is 1.10 bits per heavy atom. The second-order valence-corrected chi connectivity index (χ2v) is 7.99. The zero-order valence-corrected chi connectivity index (χ0v) is 18.5. The predicted octanol–water partition coefficient (Wildman–Crippen LogP) is 3.09. The van der Waals surface area contributed by atoms with Gasteiger partial charge in [0.15, 0.2) is 0 Å². The molecule has 0 radical (unpaired) electrons.